The Morgan fingerprint density at radius 3 is 2.65 bits per heavy atom. The van der Waals surface area contributed by atoms with Crippen molar-refractivity contribution in [3.05, 3.63) is 36.8 Å². The summed E-state index contributed by atoms with van der Waals surface area (Å²) in [5, 5.41) is 2.93. The van der Waals surface area contributed by atoms with E-state index in [4.69, 9.17) is 9.47 Å². The Kier molecular flexibility index (Phi) is 4.83. The Hall–Kier alpha value is -2.87. The van der Waals surface area contributed by atoms with Crippen LogP contribution in [0.1, 0.15) is 0 Å². The van der Waals surface area contributed by atoms with Gasteiger partial charge in [0, 0.05) is 50.3 Å². The average molecular weight is 355 g/mol. The van der Waals surface area contributed by atoms with Crippen molar-refractivity contribution in [1.29, 1.82) is 0 Å². The number of hydrogen-bond donors (Lipinski definition) is 1. The average Bonchev–Trinajstić information content (AvgIpc) is 2.69. The molecule has 1 aromatic carbocycles. The van der Waals surface area contributed by atoms with Gasteiger partial charge < -0.3 is 19.7 Å². The Morgan fingerprint density at radius 1 is 1.08 bits per heavy atom. The van der Waals surface area contributed by atoms with Gasteiger partial charge in [0.25, 0.3) is 0 Å². The number of rotatable bonds is 4. The molecule has 0 saturated carbocycles. The zero-order valence-corrected chi connectivity index (χ0v) is 14.4. The van der Waals surface area contributed by atoms with Crippen LogP contribution in [0, 0.1) is 0 Å². The molecule has 0 spiro atoms. The molecule has 4 rings (SSSR count). The number of anilines is 2. The number of aromatic nitrogens is 2. The van der Waals surface area contributed by atoms with Gasteiger partial charge in [-0.25, -0.2) is 4.98 Å². The summed E-state index contributed by atoms with van der Waals surface area (Å²) in [6, 6.07) is 5.46. The zero-order chi connectivity index (χ0) is 17.8. The molecule has 0 atom stereocenters. The van der Waals surface area contributed by atoms with Crippen molar-refractivity contribution in [2.75, 3.05) is 56.2 Å². The van der Waals surface area contributed by atoms with Crippen molar-refractivity contribution in [2.24, 2.45) is 0 Å². The Labute approximate surface area is 151 Å². The lowest BCUT2D eigenvalue weighted by Crippen LogP contribution is -2.48. The number of hydrogen-bond acceptors (Lipinski definition) is 7. The van der Waals surface area contributed by atoms with E-state index >= 15 is 0 Å². The number of ether oxygens (including phenoxy) is 2. The summed E-state index contributed by atoms with van der Waals surface area (Å²) in [6.45, 7) is 4.73. The minimum Gasteiger partial charge on any atom is -0.486 e. The Bertz CT molecular complexity index is 763. The molecule has 0 bridgehead atoms. The summed E-state index contributed by atoms with van der Waals surface area (Å²) in [7, 11) is 0. The van der Waals surface area contributed by atoms with Crippen molar-refractivity contribution in [3.63, 3.8) is 0 Å². The number of carbonyl (C=O) groups is 1. The van der Waals surface area contributed by atoms with Crippen LogP contribution >= 0.6 is 0 Å². The molecule has 0 radical (unpaired) electrons. The predicted molar refractivity (Wildman–Crippen MR) is 96.7 cm³/mol. The molecule has 1 fully saturated rings. The molecule has 2 aliphatic rings. The van der Waals surface area contributed by atoms with Gasteiger partial charge in [-0.1, -0.05) is 0 Å². The van der Waals surface area contributed by atoms with Crippen molar-refractivity contribution < 1.29 is 14.3 Å². The molecule has 2 aromatic rings. The van der Waals surface area contributed by atoms with Gasteiger partial charge in [-0.3, -0.25) is 14.7 Å². The fraction of sp³-hybridized carbons (Fsp3) is 0.389. The molecule has 1 amide bonds. The minimum atomic E-state index is -0.0327. The molecule has 8 heteroatoms. The number of nitrogens with zero attached hydrogens (tertiary/aromatic N) is 4. The second-order valence-electron chi connectivity index (χ2n) is 6.23. The highest BCUT2D eigenvalue weighted by Gasteiger charge is 2.20. The molecule has 8 nitrogen and oxygen atoms in total. The lowest BCUT2D eigenvalue weighted by molar-refractivity contribution is -0.117. The SMILES string of the molecule is O=C(CN1CCN(c2cnccn2)CC1)Nc1ccc2c(c1)OCCO2. The quantitative estimate of drug-likeness (QED) is 0.877. The van der Waals surface area contributed by atoms with Crippen LogP contribution in [0.2, 0.25) is 0 Å². The first-order chi connectivity index (χ1) is 12.8. The van der Waals surface area contributed by atoms with E-state index < -0.39 is 0 Å². The van der Waals surface area contributed by atoms with E-state index in [0.29, 0.717) is 25.5 Å². The fourth-order valence-electron chi connectivity index (χ4n) is 3.11. The molecule has 3 heterocycles. The third kappa shape index (κ3) is 3.85. The molecule has 0 aliphatic carbocycles. The predicted octanol–water partition coefficient (Wildman–Crippen LogP) is 1.01. The van der Waals surface area contributed by atoms with E-state index in [1.165, 1.54) is 0 Å². The molecule has 1 aromatic heterocycles. The fourth-order valence-corrected chi connectivity index (χ4v) is 3.11. The second-order valence-corrected chi connectivity index (χ2v) is 6.23. The van der Waals surface area contributed by atoms with Gasteiger partial charge in [0.1, 0.15) is 19.0 Å². The first kappa shape index (κ1) is 16.6. The van der Waals surface area contributed by atoms with Crippen molar-refractivity contribution in [3.8, 4) is 11.5 Å². The largest absolute Gasteiger partial charge is 0.486 e. The van der Waals surface area contributed by atoms with Crippen LogP contribution in [0.3, 0.4) is 0 Å². The maximum Gasteiger partial charge on any atom is 0.238 e. The summed E-state index contributed by atoms with van der Waals surface area (Å²) >= 11 is 0. The van der Waals surface area contributed by atoms with Crippen LogP contribution in [0.4, 0.5) is 11.5 Å². The smallest absolute Gasteiger partial charge is 0.238 e. The number of nitrogens with one attached hydrogen (secondary N) is 1. The highest BCUT2D eigenvalue weighted by Crippen LogP contribution is 2.32. The van der Waals surface area contributed by atoms with E-state index in [1.54, 1.807) is 24.7 Å². The highest BCUT2D eigenvalue weighted by atomic mass is 16.6. The first-order valence-electron chi connectivity index (χ1n) is 8.71. The summed E-state index contributed by atoms with van der Waals surface area (Å²) in [5.74, 6) is 2.24. The normalized spacial score (nSPS) is 17.0. The van der Waals surface area contributed by atoms with E-state index in [9.17, 15) is 4.79 Å². The highest BCUT2D eigenvalue weighted by molar-refractivity contribution is 5.92. The van der Waals surface area contributed by atoms with Crippen LogP contribution in [0.5, 0.6) is 11.5 Å². The number of benzene rings is 1. The van der Waals surface area contributed by atoms with E-state index in [-0.39, 0.29) is 5.91 Å². The number of carbonyl (C=O) groups excluding carboxylic acids is 1. The van der Waals surface area contributed by atoms with Gasteiger partial charge in [0.05, 0.1) is 12.7 Å². The van der Waals surface area contributed by atoms with E-state index in [0.717, 1.165) is 43.4 Å². The molecular weight excluding hydrogens is 334 g/mol. The van der Waals surface area contributed by atoms with Gasteiger partial charge in [-0.05, 0) is 12.1 Å². The van der Waals surface area contributed by atoms with Gasteiger partial charge >= 0.3 is 0 Å². The second kappa shape index (κ2) is 7.57. The van der Waals surface area contributed by atoms with E-state index in [1.807, 2.05) is 12.1 Å². The molecule has 2 aliphatic heterocycles. The van der Waals surface area contributed by atoms with Crippen molar-refractivity contribution >= 4 is 17.4 Å². The molecule has 0 unspecified atom stereocenters. The molecule has 1 saturated heterocycles. The number of fused-ring (bicyclic) bond motifs is 1. The lowest BCUT2D eigenvalue weighted by atomic mass is 10.2. The van der Waals surface area contributed by atoms with Gasteiger partial charge in [0.15, 0.2) is 11.5 Å². The standard InChI is InChI=1S/C18H21N5O3/c24-18(21-14-1-2-15-16(11-14)26-10-9-25-15)13-22-5-7-23(8-6-22)17-12-19-3-4-20-17/h1-4,11-12H,5-10,13H2,(H,21,24). The first-order valence-corrected chi connectivity index (χ1v) is 8.71. The summed E-state index contributed by atoms with van der Waals surface area (Å²) in [4.78, 5) is 25.1. The Balaban J connectivity index is 1.28. The Morgan fingerprint density at radius 2 is 1.88 bits per heavy atom. The third-order valence-corrected chi connectivity index (χ3v) is 4.44. The monoisotopic (exact) mass is 355 g/mol. The third-order valence-electron chi connectivity index (χ3n) is 4.44. The lowest BCUT2D eigenvalue weighted by Gasteiger charge is -2.34. The summed E-state index contributed by atoms with van der Waals surface area (Å²) < 4.78 is 11.0. The van der Waals surface area contributed by atoms with E-state index in [2.05, 4.69) is 25.1 Å². The molecule has 1 N–H and O–H groups in total. The topological polar surface area (TPSA) is 79.8 Å². The van der Waals surface area contributed by atoms with Crippen LogP contribution in [-0.4, -0.2) is 66.7 Å². The van der Waals surface area contributed by atoms with Crippen LogP contribution in [0.25, 0.3) is 0 Å². The molecule has 26 heavy (non-hydrogen) atoms. The maximum atomic E-state index is 12.3. The van der Waals surface area contributed by atoms with Crippen LogP contribution in [0.15, 0.2) is 36.8 Å². The molecular formula is C18H21N5O3. The van der Waals surface area contributed by atoms with Crippen molar-refractivity contribution in [2.45, 2.75) is 0 Å². The zero-order valence-electron chi connectivity index (χ0n) is 14.4. The van der Waals surface area contributed by atoms with Gasteiger partial charge in [-0.2, -0.15) is 0 Å². The minimum absolute atomic E-state index is 0.0327. The van der Waals surface area contributed by atoms with Gasteiger partial charge in [-0.15, -0.1) is 0 Å². The van der Waals surface area contributed by atoms with Crippen LogP contribution < -0.4 is 19.7 Å². The molecule has 136 valence electrons. The van der Waals surface area contributed by atoms with Crippen molar-refractivity contribution in [1.82, 2.24) is 14.9 Å². The summed E-state index contributed by atoms with van der Waals surface area (Å²) in [6.07, 6.45) is 5.13. The maximum absolute atomic E-state index is 12.3. The summed E-state index contributed by atoms with van der Waals surface area (Å²) in [5.41, 5.74) is 0.720. The van der Waals surface area contributed by atoms with Crippen LogP contribution in [-0.2, 0) is 4.79 Å². The van der Waals surface area contributed by atoms with Gasteiger partial charge in [0.2, 0.25) is 5.91 Å². The number of amides is 1. The number of piperazine rings is 1.